The van der Waals surface area contributed by atoms with Crippen LogP contribution in [0.5, 0.6) is 0 Å². The Morgan fingerprint density at radius 2 is 2.18 bits per heavy atom. The van der Waals surface area contributed by atoms with Crippen molar-refractivity contribution in [1.29, 1.82) is 0 Å². The summed E-state index contributed by atoms with van der Waals surface area (Å²) in [5.74, 6) is -1.16. The predicted octanol–water partition coefficient (Wildman–Crippen LogP) is -0.435. The van der Waals surface area contributed by atoms with Crippen LogP contribution in [0.15, 0.2) is 0 Å². The van der Waals surface area contributed by atoms with E-state index < -0.39 is 30.2 Å². The highest BCUT2D eigenvalue weighted by Crippen LogP contribution is 2.32. The average molecular weight is 246 g/mol. The van der Waals surface area contributed by atoms with Crippen molar-refractivity contribution in [2.75, 3.05) is 6.61 Å². The molecular weight excluding hydrogens is 228 g/mol. The van der Waals surface area contributed by atoms with E-state index in [-0.39, 0.29) is 12.6 Å². The summed E-state index contributed by atoms with van der Waals surface area (Å²) in [5.41, 5.74) is 0. The Morgan fingerprint density at radius 3 is 2.71 bits per heavy atom. The molecule has 2 rings (SSSR count). The van der Waals surface area contributed by atoms with Gasteiger partial charge in [-0.05, 0) is 20.3 Å². The number of hydrogen-bond acceptors (Lipinski definition) is 6. The summed E-state index contributed by atoms with van der Waals surface area (Å²) < 4.78 is 16.0. The van der Waals surface area contributed by atoms with Gasteiger partial charge in [-0.2, -0.15) is 0 Å². The Labute approximate surface area is 99.5 Å². The van der Waals surface area contributed by atoms with Crippen LogP contribution in [0.2, 0.25) is 0 Å². The van der Waals surface area contributed by atoms with E-state index in [1.807, 2.05) is 0 Å². The van der Waals surface area contributed by atoms with Gasteiger partial charge >= 0.3 is 5.97 Å². The minimum Gasteiger partial charge on any atom is -0.459 e. The van der Waals surface area contributed by atoms with Gasteiger partial charge in [0, 0.05) is 6.42 Å². The lowest BCUT2D eigenvalue weighted by molar-refractivity contribution is -0.167. The van der Waals surface area contributed by atoms with E-state index in [4.69, 9.17) is 14.2 Å². The van der Waals surface area contributed by atoms with Crippen molar-refractivity contribution in [3.05, 3.63) is 0 Å². The van der Waals surface area contributed by atoms with Gasteiger partial charge in [-0.15, -0.1) is 0 Å². The maximum absolute atomic E-state index is 11.0. The molecule has 0 aromatic carbocycles. The number of ether oxygens (including phenoxy) is 3. The molecule has 2 aliphatic heterocycles. The van der Waals surface area contributed by atoms with Crippen molar-refractivity contribution in [1.82, 2.24) is 0 Å². The van der Waals surface area contributed by atoms with Crippen molar-refractivity contribution < 1.29 is 29.2 Å². The molecule has 4 atom stereocenters. The molecule has 2 fully saturated rings. The summed E-state index contributed by atoms with van der Waals surface area (Å²) in [7, 11) is 0. The Hall–Kier alpha value is -0.690. The maximum atomic E-state index is 11.0. The van der Waals surface area contributed by atoms with Crippen LogP contribution in [-0.4, -0.2) is 53.0 Å². The van der Waals surface area contributed by atoms with Crippen molar-refractivity contribution in [2.24, 2.45) is 0 Å². The second-order valence-electron chi connectivity index (χ2n) is 4.88. The zero-order valence-electron chi connectivity index (χ0n) is 9.96. The number of cyclic esters (lactones) is 1. The van der Waals surface area contributed by atoms with Crippen LogP contribution < -0.4 is 0 Å². The van der Waals surface area contributed by atoms with E-state index >= 15 is 0 Å². The van der Waals surface area contributed by atoms with Gasteiger partial charge in [0.2, 0.25) is 0 Å². The van der Waals surface area contributed by atoms with Crippen molar-refractivity contribution in [3.63, 3.8) is 0 Å². The SMILES string of the molecule is CC1(C)OC(CO)C([C@H](O)C2CCC(=O)O2)O1. The van der Waals surface area contributed by atoms with Crippen LogP contribution in [0.3, 0.4) is 0 Å². The monoisotopic (exact) mass is 246 g/mol. The first-order valence-electron chi connectivity index (χ1n) is 5.77. The summed E-state index contributed by atoms with van der Waals surface area (Å²) in [6, 6.07) is 0. The summed E-state index contributed by atoms with van der Waals surface area (Å²) in [4.78, 5) is 11.0. The fourth-order valence-electron chi connectivity index (χ4n) is 2.29. The quantitative estimate of drug-likeness (QED) is 0.657. The Bertz CT molecular complexity index is 302. The molecule has 98 valence electrons. The van der Waals surface area contributed by atoms with E-state index in [0.29, 0.717) is 12.8 Å². The molecule has 0 aromatic heterocycles. The molecular formula is C11H18O6. The zero-order chi connectivity index (χ0) is 12.6. The fraction of sp³-hybridized carbons (Fsp3) is 0.909. The molecule has 3 unspecified atom stereocenters. The molecule has 17 heavy (non-hydrogen) atoms. The number of carbonyl (C=O) groups excluding carboxylic acids is 1. The highest BCUT2D eigenvalue weighted by atomic mass is 16.8. The van der Waals surface area contributed by atoms with Crippen LogP contribution in [0.25, 0.3) is 0 Å². The number of aliphatic hydroxyl groups is 2. The van der Waals surface area contributed by atoms with Gasteiger partial charge in [-0.3, -0.25) is 4.79 Å². The summed E-state index contributed by atoms with van der Waals surface area (Å²) in [6.45, 7) is 3.18. The molecule has 0 radical (unpaired) electrons. The number of hydrogen-bond donors (Lipinski definition) is 2. The predicted molar refractivity (Wildman–Crippen MR) is 56.0 cm³/mol. The number of rotatable bonds is 3. The van der Waals surface area contributed by atoms with Crippen LogP contribution in [0, 0.1) is 0 Å². The fourth-order valence-corrected chi connectivity index (χ4v) is 2.29. The van der Waals surface area contributed by atoms with E-state index in [0.717, 1.165) is 0 Å². The van der Waals surface area contributed by atoms with Gasteiger partial charge < -0.3 is 24.4 Å². The molecule has 2 heterocycles. The Morgan fingerprint density at radius 1 is 1.47 bits per heavy atom. The van der Waals surface area contributed by atoms with E-state index in [2.05, 4.69) is 0 Å². The van der Waals surface area contributed by atoms with Crippen LogP contribution in [0.4, 0.5) is 0 Å². The zero-order valence-corrected chi connectivity index (χ0v) is 9.96. The van der Waals surface area contributed by atoms with Gasteiger partial charge in [0.05, 0.1) is 6.61 Å². The molecule has 0 aromatic rings. The van der Waals surface area contributed by atoms with Gasteiger partial charge in [-0.25, -0.2) is 0 Å². The second kappa shape index (κ2) is 4.53. The molecule has 6 nitrogen and oxygen atoms in total. The third-order valence-electron chi connectivity index (χ3n) is 3.03. The smallest absolute Gasteiger partial charge is 0.306 e. The normalized spacial score (nSPS) is 38.1. The topological polar surface area (TPSA) is 85.2 Å². The molecule has 0 aliphatic carbocycles. The number of esters is 1. The van der Waals surface area contributed by atoms with Gasteiger partial charge in [0.25, 0.3) is 0 Å². The maximum Gasteiger partial charge on any atom is 0.306 e. The minimum absolute atomic E-state index is 0.244. The molecule has 2 aliphatic rings. The molecule has 6 heteroatoms. The largest absolute Gasteiger partial charge is 0.459 e. The molecule has 2 saturated heterocycles. The van der Waals surface area contributed by atoms with E-state index in [1.54, 1.807) is 13.8 Å². The van der Waals surface area contributed by atoms with Gasteiger partial charge in [0.15, 0.2) is 5.79 Å². The summed E-state index contributed by atoms with van der Waals surface area (Å²) in [5, 5.41) is 19.3. The van der Waals surface area contributed by atoms with Gasteiger partial charge in [0.1, 0.15) is 24.4 Å². The standard InChI is InChI=1S/C11H18O6/c1-11(2)16-7(5-12)10(17-11)9(14)6-3-4-8(13)15-6/h6-7,9-10,12,14H,3-5H2,1-2H3/t6?,7?,9-,10?/m1/s1. The first-order valence-corrected chi connectivity index (χ1v) is 5.77. The summed E-state index contributed by atoms with van der Waals surface area (Å²) in [6.07, 6.45) is -2.04. The van der Waals surface area contributed by atoms with Crippen LogP contribution in [0.1, 0.15) is 26.7 Å². The number of carbonyl (C=O) groups is 1. The second-order valence-corrected chi connectivity index (χ2v) is 4.88. The van der Waals surface area contributed by atoms with E-state index in [9.17, 15) is 15.0 Å². The summed E-state index contributed by atoms with van der Waals surface area (Å²) >= 11 is 0. The van der Waals surface area contributed by atoms with Crippen molar-refractivity contribution >= 4 is 5.97 Å². The third-order valence-corrected chi connectivity index (χ3v) is 3.03. The van der Waals surface area contributed by atoms with Crippen molar-refractivity contribution in [3.8, 4) is 0 Å². The minimum atomic E-state index is -0.972. The van der Waals surface area contributed by atoms with Crippen LogP contribution >= 0.6 is 0 Å². The molecule has 2 N–H and O–H groups in total. The molecule has 0 bridgehead atoms. The first kappa shape index (κ1) is 12.8. The van der Waals surface area contributed by atoms with E-state index in [1.165, 1.54) is 0 Å². The Balaban J connectivity index is 2.03. The van der Waals surface area contributed by atoms with Gasteiger partial charge in [-0.1, -0.05) is 0 Å². The van der Waals surface area contributed by atoms with Crippen LogP contribution in [-0.2, 0) is 19.0 Å². The highest BCUT2D eigenvalue weighted by molar-refractivity contribution is 5.71. The Kier molecular flexibility index (Phi) is 3.40. The molecule has 0 amide bonds. The third kappa shape index (κ3) is 2.60. The average Bonchev–Trinajstić information content (AvgIpc) is 2.80. The molecule has 0 saturated carbocycles. The lowest BCUT2D eigenvalue weighted by Crippen LogP contribution is -2.44. The lowest BCUT2D eigenvalue weighted by Gasteiger charge is -2.25. The highest BCUT2D eigenvalue weighted by Gasteiger charge is 2.48. The lowest BCUT2D eigenvalue weighted by atomic mass is 10.0. The molecule has 0 spiro atoms. The first-order chi connectivity index (χ1) is 7.93. The number of aliphatic hydroxyl groups excluding tert-OH is 2. The van der Waals surface area contributed by atoms with Crippen molar-refractivity contribution in [2.45, 2.75) is 56.9 Å².